The fourth-order valence-corrected chi connectivity index (χ4v) is 5.99. The van der Waals surface area contributed by atoms with E-state index in [9.17, 15) is 39.8 Å². The summed E-state index contributed by atoms with van der Waals surface area (Å²) < 4.78 is 102. The molecule has 0 spiro atoms. The molecular weight excluding hydrogens is 687 g/mol. The van der Waals surface area contributed by atoms with Crippen LogP contribution in [0.15, 0.2) is 103 Å². The summed E-state index contributed by atoms with van der Waals surface area (Å²) in [5, 5.41) is 27.6. The molecule has 49 heavy (non-hydrogen) atoms. The summed E-state index contributed by atoms with van der Waals surface area (Å²) >= 11 is -3.15. The third-order valence-electron chi connectivity index (χ3n) is 6.40. The van der Waals surface area contributed by atoms with Crippen LogP contribution < -0.4 is 71.2 Å². The maximum absolute atomic E-state index is 11.5. The maximum atomic E-state index is 11.5. The number of hydrogen-bond acceptors (Lipinski definition) is 16. The Balaban J connectivity index is 0.00000278. The van der Waals surface area contributed by atoms with Gasteiger partial charge in [0.25, 0.3) is 0 Å². The fourth-order valence-electron chi connectivity index (χ4n) is 4.39. The minimum absolute atomic E-state index is 0. The van der Waals surface area contributed by atoms with Gasteiger partial charge in [0.05, 0.1) is 28.3 Å². The van der Waals surface area contributed by atoms with Crippen molar-refractivity contribution in [1.82, 2.24) is 0 Å². The number of methoxy groups -OCH3 is 1. The second kappa shape index (κ2) is 16.6. The average molecular weight is 705 g/mol. The second-order valence-corrected chi connectivity index (χ2v) is 12.6. The van der Waals surface area contributed by atoms with Gasteiger partial charge in [0.15, 0.2) is 17.2 Å². The van der Waals surface area contributed by atoms with Gasteiger partial charge in [-0.2, -0.15) is 10.2 Å². The van der Waals surface area contributed by atoms with Crippen molar-refractivity contribution in [3.8, 4) is 17.2 Å². The van der Waals surface area contributed by atoms with E-state index in [1.165, 1.54) is 49.6 Å². The number of rotatable bonds is 9. The van der Waals surface area contributed by atoms with Crippen LogP contribution in [0.2, 0.25) is 0 Å². The molecular formula is C27H18Li3N5O11S3. The molecule has 16 nitrogen and oxygen atoms in total. The summed E-state index contributed by atoms with van der Waals surface area (Å²) in [5.41, 5.74) is 5.51. The van der Waals surface area contributed by atoms with Crippen LogP contribution in [0.3, 0.4) is 0 Å². The Morgan fingerprint density at radius 2 is 1.37 bits per heavy atom. The molecule has 0 saturated heterocycles. The number of aromatic hydroxyl groups is 1. The molecule has 3 N–H and O–H groups in total. The molecule has 5 rings (SSSR count). The first-order valence-electron chi connectivity index (χ1n) is 12.5. The molecule has 0 bridgehead atoms. The predicted octanol–water partition coefficient (Wildman–Crippen LogP) is -3.89. The average Bonchev–Trinajstić information content (AvgIpc) is 2.98. The van der Waals surface area contributed by atoms with E-state index in [0.29, 0.717) is 16.8 Å². The molecule has 5 aromatic carbocycles. The molecule has 1 atom stereocenters. The van der Waals surface area contributed by atoms with Gasteiger partial charge in [0.1, 0.15) is 43.0 Å². The molecule has 0 fully saturated rings. The molecule has 22 heteroatoms. The van der Waals surface area contributed by atoms with Gasteiger partial charge in [-0.1, -0.05) is 18.2 Å². The van der Waals surface area contributed by atoms with Gasteiger partial charge in [0, 0.05) is 17.1 Å². The van der Waals surface area contributed by atoms with Gasteiger partial charge in [-0.15, -0.1) is 10.2 Å². The Morgan fingerprint density at radius 3 is 1.98 bits per heavy atom. The largest absolute Gasteiger partial charge is 1.00 e. The molecule has 0 saturated carbocycles. The van der Waals surface area contributed by atoms with Gasteiger partial charge in [0.2, 0.25) is 0 Å². The molecule has 0 amide bonds. The zero-order chi connectivity index (χ0) is 33.4. The smallest absolute Gasteiger partial charge is 0.744 e. The summed E-state index contributed by atoms with van der Waals surface area (Å²) in [6.07, 6.45) is 0. The molecule has 238 valence electrons. The normalized spacial score (nSPS) is 12.3. The van der Waals surface area contributed by atoms with Crippen molar-refractivity contribution in [2.75, 3.05) is 12.8 Å². The van der Waals surface area contributed by atoms with Crippen molar-refractivity contribution in [2.24, 2.45) is 20.5 Å². The monoisotopic (exact) mass is 705 g/mol. The number of anilines is 1. The first-order valence-corrected chi connectivity index (χ1v) is 16.3. The van der Waals surface area contributed by atoms with Crippen LogP contribution in [0.5, 0.6) is 17.2 Å². The number of benzene rings is 5. The quantitative estimate of drug-likeness (QED) is 0.0490. The van der Waals surface area contributed by atoms with Crippen LogP contribution >= 0.6 is 0 Å². The summed E-state index contributed by atoms with van der Waals surface area (Å²) in [5.74, 6) is -1.09. The standard InChI is InChI=1S/C27H21N5O11S3.3Li/c1-42-22-12-17(30-29-16-5-7-18-14(9-16)3-2-4-24(18)45(36,37)38)6-8-21(22)31-32-26-23(43-44(34)35)10-15-11-25(46(39,40)41)20(28)13-19(15)27(26)33;;;/h2-13,33H,28H2,1H3,(H,34,35)(H,36,37,38)(H,39,40,41);;;/q;3*+1/p-3. The van der Waals surface area contributed by atoms with Crippen LogP contribution in [-0.2, 0) is 31.6 Å². The minimum Gasteiger partial charge on any atom is -0.744 e. The summed E-state index contributed by atoms with van der Waals surface area (Å²) in [4.78, 5) is -1.14. The molecule has 1 unspecified atom stereocenters. The Labute approximate surface area is 317 Å². The number of ether oxygens (including phenoxy) is 1. The SMILES string of the molecule is COc1cc(N=Nc2ccc3c(S(=O)(=O)[O-])cccc3c2)ccc1N=Nc1c(OS(=O)[O-])cc2cc(S(=O)(=O)[O-])c(N)cc2c1O.[Li+].[Li+].[Li+]. The number of phenols is 1. The summed E-state index contributed by atoms with van der Waals surface area (Å²) in [6, 6.07) is 16.0. The first kappa shape index (κ1) is 41.9. The number of phenolic OH excluding ortho intramolecular Hbond substituents is 1. The van der Waals surface area contributed by atoms with Gasteiger partial charge < -0.3 is 33.4 Å². The maximum Gasteiger partial charge on any atom is 1.00 e. The van der Waals surface area contributed by atoms with E-state index in [1.807, 2.05) is 0 Å². The second-order valence-electron chi connectivity index (χ2n) is 9.30. The van der Waals surface area contributed by atoms with Crippen molar-refractivity contribution < 1.29 is 105 Å². The van der Waals surface area contributed by atoms with Gasteiger partial charge in [-0.3, -0.25) is 0 Å². The van der Waals surface area contributed by atoms with Crippen molar-refractivity contribution in [3.05, 3.63) is 72.8 Å². The first-order chi connectivity index (χ1) is 21.7. The summed E-state index contributed by atoms with van der Waals surface area (Å²) in [6.45, 7) is 0. The van der Waals surface area contributed by atoms with E-state index in [2.05, 4.69) is 20.5 Å². The molecule has 0 aliphatic rings. The van der Waals surface area contributed by atoms with Crippen molar-refractivity contribution >= 4 is 81.6 Å². The van der Waals surface area contributed by atoms with E-state index in [0.717, 1.165) is 18.2 Å². The molecule has 0 aliphatic heterocycles. The van der Waals surface area contributed by atoms with Crippen LogP contribution in [-0.4, -0.2) is 46.9 Å². The van der Waals surface area contributed by atoms with Crippen LogP contribution in [0.25, 0.3) is 21.5 Å². The van der Waals surface area contributed by atoms with E-state index >= 15 is 0 Å². The molecule has 0 aromatic heterocycles. The third kappa shape index (κ3) is 9.50. The number of hydrogen-bond donors (Lipinski definition) is 2. The number of nitrogen functional groups attached to an aromatic ring is 1. The fraction of sp³-hybridized carbons (Fsp3) is 0.0370. The Hall–Kier alpha value is -3.26. The van der Waals surface area contributed by atoms with Crippen molar-refractivity contribution in [1.29, 1.82) is 0 Å². The van der Waals surface area contributed by atoms with Crippen molar-refractivity contribution in [2.45, 2.75) is 9.79 Å². The topological polar surface area (TPSA) is 269 Å². The van der Waals surface area contributed by atoms with Crippen LogP contribution in [0.4, 0.5) is 28.4 Å². The molecule has 0 heterocycles. The van der Waals surface area contributed by atoms with Gasteiger partial charge in [-0.25, -0.2) is 21.0 Å². The predicted molar refractivity (Wildman–Crippen MR) is 161 cm³/mol. The molecule has 0 aliphatic carbocycles. The van der Waals surface area contributed by atoms with Gasteiger partial charge >= 0.3 is 56.6 Å². The number of nitrogens with zero attached hydrogens (tertiary/aromatic N) is 4. The number of azo groups is 2. The third-order valence-corrected chi connectivity index (χ3v) is 8.51. The Morgan fingerprint density at radius 1 is 0.735 bits per heavy atom. The number of nitrogens with two attached hydrogens (primary N) is 1. The van der Waals surface area contributed by atoms with E-state index in [-0.39, 0.29) is 89.1 Å². The van der Waals surface area contributed by atoms with Crippen LogP contribution in [0.1, 0.15) is 0 Å². The van der Waals surface area contributed by atoms with Crippen LogP contribution in [0, 0.1) is 0 Å². The Kier molecular flexibility index (Phi) is 14.2. The molecule has 0 radical (unpaired) electrons. The molecule has 5 aromatic rings. The number of fused-ring (bicyclic) bond motifs is 2. The van der Waals surface area contributed by atoms with Gasteiger partial charge in [-0.05, 0) is 64.7 Å². The summed E-state index contributed by atoms with van der Waals surface area (Å²) in [7, 11) is -8.35. The zero-order valence-electron chi connectivity index (χ0n) is 26.0. The van der Waals surface area contributed by atoms with E-state index in [4.69, 9.17) is 14.7 Å². The van der Waals surface area contributed by atoms with E-state index < -0.39 is 59.4 Å². The minimum atomic E-state index is -5.00. The Bertz CT molecular complexity index is 2360. The van der Waals surface area contributed by atoms with Crippen molar-refractivity contribution in [3.63, 3.8) is 0 Å². The van der Waals surface area contributed by atoms with E-state index in [1.54, 1.807) is 12.1 Å². The zero-order valence-corrected chi connectivity index (χ0v) is 28.5.